The molecule has 2 aromatic carbocycles. The Morgan fingerprint density at radius 2 is 1.68 bits per heavy atom. The van der Waals surface area contributed by atoms with Crippen molar-refractivity contribution in [1.29, 1.82) is 0 Å². The first kappa shape index (κ1) is 11.7. The summed E-state index contributed by atoms with van der Waals surface area (Å²) in [5.41, 5.74) is 5.84. The van der Waals surface area contributed by atoms with Gasteiger partial charge in [-0.05, 0) is 29.8 Å². The van der Waals surface area contributed by atoms with E-state index in [1.807, 2.05) is 32.4 Å². The summed E-state index contributed by atoms with van der Waals surface area (Å²) < 4.78 is 0. The number of anilines is 1. The normalized spacial score (nSPS) is 14.7. The maximum absolute atomic E-state index is 4.42. The zero-order valence-corrected chi connectivity index (χ0v) is 11.2. The molecule has 0 atom stereocenters. The highest BCUT2D eigenvalue weighted by Gasteiger charge is 2.10. The van der Waals surface area contributed by atoms with E-state index < -0.39 is 0 Å². The molecule has 3 rings (SSSR count). The van der Waals surface area contributed by atoms with Gasteiger partial charge in [0.15, 0.2) is 0 Å². The summed E-state index contributed by atoms with van der Waals surface area (Å²) in [6.07, 6.45) is 4.11. The lowest BCUT2D eigenvalue weighted by Crippen LogP contribution is -2.07. The van der Waals surface area contributed by atoms with Crippen molar-refractivity contribution in [3.05, 3.63) is 59.7 Å². The van der Waals surface area contributed by atoms with Gasteiger partial charge in [0.1, 0.15) is 0 Å². The van der Waals surface area contributed by atoms with Crippen LogP contribution in [0.4, 0.5) is 11.4 Å². The number of rotatable bonds is 2. The largest absolute Gasteiger partial charge is 0.378 e. The Morgan fingerprint density at radius 1 is 0.947 bits per heavy atom. The molecule has 0 fully saturated rings. The minimum Gasteiger partial charge on any atom is -0.378 e. The molecule has 94 valence electrons. The van der Waals surface area contributed by atoms with Gasteiger partial charge in [-0.15, -0.1) is 0 Å². The van der Waals surface area contributed by atoms with Gasteiger partial charge in [-0.3, -0.25) is 4.99 Å². The zero-order chi connectivity index (χ0) is 13.2. The fraction of sp³-hybridized carbons (Fsp3) is 0.118. The summed E-state index contributed by atoms with van der Waals surface area (Å²) in [7, 11) is 4.10. The van der Waals surface area contributed by atoms with E-state index in [2.05, 4.69) is 52.4 Å². The van der Waals surface area contributed by atoms with Crippen molar-refractivity contribution in [2.75, 3.05) is 19.0 Å². The molecule has 0 saturated carbocycles. The molecular weight excluding hydrogens is 232 g/mol. The quantitative estimate of drug-likeness (QED) is 0.784. The molecule has 1 aliphatic heterocycles. The molecule has 0 saturated heterocycles. The minimum absolute atomic E-state index is 1.05. The SMILES string of the molecule is CN(C)c1ccc(C=C2C=Nc3ccccc32)cc1. The number of hydrogen-bond acceptors (Lipinski definition) is 2. The van der Waals surface area contributed by atoms with Crippen molar-refractivity contribution in [2.24, 2.45) is 4.99 Å². The van der Waals surface area contributed by atoms with Gasteiger partial charge in [0, 0.05) is 37.1 Å². The van der Waals surface area contributed by atoms with Crippen molar-refractivity contribution in [2.45, 2.75) is 0 Å². The molecule has 1 aliphatic rings. The van der Waals surface area contributed by atoms with E-state index in [0.717, 1.165) is 5.69 Å². The molecule has 0 amide bonds. The number of nitrogens with zero attached hydrogens (tertiary/aromatic N) is 2. The van der Waals surface area contributed by atoms with Crippen LogP contribution in [0, 0.1) is 0 Å². The molecule has 1 heterocycles. The maximum atomic E-state index is 4.42. The highest BCUT2D eigenvalue weighted by molar-refractivity contribution is 6.21. The van der Waals surface area contributed by atoms with Crippen LogP contribution in [0.1, 0.15) is 11.1 Å². The Kier molecular flexibility index (Phi) is 2.92. The Balaban J connectivity index is 1.93. The molecule has 0 N–H and O–H groups in total. The summed E-state index contributed by atoms with van der Waals surface area (Å²) >= 11 is 0. The number of allylic oxidation sites excluding steroid dienone is 1. The van der Waals surface area contributed by atoms with Crippen molar-refractivity contribution in [3.63, 3.8) is 0 Å². The van der Waals surface area contributed by atoms with Crippen molar-refractivity contribution in [1.82, 2.24) is 0 Å². The molecule has 0 aliphatic carbocycles. The van der Waals surface area contributed by atoms with Crippen molar-refractivity contribution in [3.8, 4) is 0 Å². The van der Waals surface area contributed by atoms with E-state index in [1.54, 1.807) is 0 Å². The lowest BCUT2D eigenvalue weighted by atomic mass is 10.0. The monoisotopic (exact) mass is 248 g/mol. The average molecular weight is 248 g/mol. The lowest BCUT2D eigenvalue weighted by molar-refractivity contribution is 1.13. The molecule has 0 bridgehead atoms. The van der Waals surface area contributed by atoms with Crippen LogP contribution in [0.15, 0.2) is 53.5 Å². The van der Waals surface area contributed by atoms with Gasteiger partial charge >= 0.3 is 0 Å². The third kappa shape index (κ3) is 2.29. The first-order chi connectivity index (χ1) is 9.24. The van der Waals surface area contributed by atoms with E-state index in [0.29, 0.717) is 0 Å². The average Bonchev–Trinajstić information content (AvgIpc) is 2.83. The van der Waals surface area contributed by atoms with Gasteiger partial charge < -0.3 is 4.90 Å². The van der Waals surface area contributed by atoms with Crippen LogP contribution in [0.2, 0.25) is 0 Å². The smallest absolute Gasteiger partial charge is 0.0708 e. The van der Waals surface area contributed by atoms with Crippen LogP contribution in [-0.2, 0) is 0 Å². The summed E-state index contributed by atoms with van der Waals surface area (Å²) in [6, 6.07) is 16.8. The maximum Gasteiger partial charge on any atom is 0.0708 e. The van der Waals surface area contributed by atoms with Crippen LogP contribution >= 0.6 is 0 Å². The molecule has 0 unspecified atom stereocenters. The Bertz CT molecular complexity index is 649. The second-order valence-corrected chi connectivity index (χ2v) is 4.86. The predicted molar refractivity (Wildman–Crippen MR) is 83.2 cm³/mol. The Labute approximate surface area is 113 Å². The summed E-state index contributed by atoms with van der Waals surface area (Å²) in [5, 5.41) is 0. The first-order valence-electron chi connectivity index (χ1n) is 6.36. The molecule has 2 aromatic rings. The number of aliphatic imine (C=N–C) groups is 1. The summed E-state index contributed by atoms with van der Waals surface area (Å²) in [4.78, 5) is 6.52. The zero-order valence-electron chi connectivity index (χ0n) is 11.2. The van der Waals surface area contributed by atoms with Crippen LogP contribution in [0.3, 0.4) is 0 Å². The van der Waals surface area contributed by atoms with Crippen LogP contribution in [0.25, 0.3) is 11.6 Å². The molecule has 0 radical (unpaired) electrons. The molecule has 0 aromatic heterocycles. The van der Waals surface area contributed by atoms with E-state index in [9.17, 15) is 0 Å². The van der Waals surface area contributed by atoms with Crippen molar-refractivity contribution < 1.29 is 0 Å². The van der Waals surface area contributed by atoms with Gasteiger partial charge in [-0.1, -0.05) is 30.3 Å². The standard InChI is InChI=1S/C17H16N2/c1-19(2)15-9-7-13(8-10-15)11-14-12-18-17-6-4-3-5-16(14)17/h3-12H,1-2H3. The number of hydrogen-bond donors (Lipinski definition) is 0. The minimum atomic E-state index is 1.05. The number of para-hydroxylation sites is 1. The van der Waals surface area contributed by atoms with E-state index in [4.69, 9.17) is 0 Å². The van der Waals surface area contributed by atoms with Gasteiger partial charge in [0.2, 0.25) is 0 Å². The molecule has 19 heavy (non-hydrogen) atoms. The molecule has 0 spiro atoms. The molecular formula is C17H16N2. The summed E-state index contributed by atoms with van der Waals surface area (Å²) in [6.45, 7) is 0. The second-order valence-electron chi connectivity index (χ2n) is 4.86. The summed E-state index contributed by atoms with van der Waals surface area (Å²) in [5.74, 6) is 0. The lowest BCUT2D eigenvalue weighted by Gasteiger charge is -2.11. The van der Waals surface area contributed by atoms with Crippen LogP contribution in [0.5, 0.6) is 0 Å². The van der Waals surface area contributed by atoms with E-state index in [-0.39, 0.29) is 0 Å². The second kappa shape index (κ2) is 4.73. The van der Waals surface area contributed by atoms with Gasteiger partial charge in [0.05, 0.1) is 5.69 Å². The first-order valence-corrected chi connectivity index (χ1v) is 6.36. The fourth-order valence-corrected chi connectivity index (χ4v) is 2.20. The van der Waals surface area contributed by atoms with Crippen LogP contribution < -0.4 is 4.90 Å². The number of benzene rings is 2. The molecule has 2 nitrogen and oxygen atoms in total. The highest BCUT2D eigenvalue weighted by atomic mass is 15.1. The van der Waals surface area contributed by atoms with E-state index >= 15 is 0 Å². The van der Waals surface area contributed by atoms with Crippen LogP contribution in [-0.4, -0.2) is 20.3 Å². The van der Waals surface area contributed by atoms with Crippen molar-refractivity contribution >= 4 is 29.2 Å². The Morgan fingerprint density at radius 3 is 2.42 bits per heavy atom. The third-order valence-electron chi connectivity index (χ3n) is 3.29. The topological polar surface area (TPSA) is 15.6 Å². The van der Waals surface area contributed by atoms with Gasteiger partial charge in [0.25, 0.3) is 0 Å². The fourth-order valence-electron chi connectivity index (χ4n) is 2.20. The number of fused-ring (bicyclic) bond motifs is 1. The molecule has 2 heteroatoms. The highest BCUT2D eigenvalue weighted by Crippen LogP contribution is 2.32. The van der Waals surface area contributed by atoms with Gasteiger partial charge in [-0.25, -0.2) is 0 Å². The Hall–Kier alpha value is -2.35. The van der Waals surface area contributed by atoms with Gasteiger partial charge in [-0.2, -0.15) is 0 Å². The third-order valence-corrected chi connectivity index (χ3v) is 3.29. The van der Waals surface area contributed by atoms with E-state index in [1.165, 1.54) is 22.4 Å². The predicted octanol–water partition coefficient (Wildman–Crippen LogP) is 4.01.